The molecule has 0 spiro atoms. The van der Waals surface area contributed by atoms with Crippen molar-refractivity contribution in [2.45, 2.75) is 0 Å². The van der Waals surface area contributed by atoms with Crippen molar-refractivity contribution in [3.8, 4) is 57.3 Å². The van der Waals surface area contributed by atoms with Gasteiger partial charge in [-0.05, 0) is 121 Å². The van der Waals surface area contributed by atoms with E-state index in [1.165, 1.54) is 115 Å². The topological polar surface area (TPSA) is 348 Å². The van der Waals surface area contributed by atoms with Gasteiger partial charge < -0.3 is 87.8 Å². The zero-order valence-electron chi connectivity index (χ0n) is 49.9. The predicted molar refractivity (Wildman–Crippen MR) is 319 cm³/mol. The van der Waals surface area contributed by atoms with Crippen molar-refractivity contribution in [1.82, 2.24) is 19.9 Å². The molecule has 0 aliphatic carbocycles. The number of pyridine rings is 4. The van der Waals surface area contributed by atoms with Gasteiger partial charge in [0.1, 0.15) is 34.5 Å². The number of aromatic carboxylic acids is 6. The van der Waals surface area contributed by atoms with Crippen molar-refractivity contribution < 1.29 is 165 Å². The van der Waals surface area contributed by atoms with Gasteiger partial charge in [0.25, 0.3) is 0 Å². The zero-order valence-corrected chi connectivity index (χ0v) is 54.2. The van der Waals surface area contributed by atoms with Crippen LogP contribution in [0.4, 0.5) is 0 Å². The number of nitrogens with zero attached hydrogens (tertiary/aromatic N) is 4. The van der Waals surface area contributed by atoms with Crippen molar-refractivity contribution in [3.05, 3.63) is 277 Å². The van der Waals surface area contributed by atoms with E-state index < -0.39 is 35.8 Å². The molecular formula is C68H58N4O18Tb2. The maximum atomic E-state index is 10.3. The van der Waals surface area contributed by atoms with Crippen LogP contribution in [0, 0.1) is 77.2 Å². The number of hydrogen-bond donors (Lipinski definition) is 0. The molecule has 0 amide bonds. The first-order chi connectivity index (χ1) is 43.4. The summed E-state index contributed by atoms with van der Waals surface area (Å²) in [5, 5.41) is 61.8. The second kappa shape index (κ2) is 46.2. The Morgan fingerprint density at radius 2 is 0.391 bits per heavy atom. The van der Waals surface area contributed by atoms with E-state index >= 15 is 0 Å². The largest absolute Gasteiger partial charge is 3.00 e. The number of methoxy groups -OCH3 is 6. The molecule has 10 rings (SSSR count). The normalized spacial score (nSPS) is 9.11. The molecule has 24 heteroatoms. The van der Waals surface area contributed by atoms with Crippen LogP contribution in [-0.4, -0.2) is 98.4 Å². The summed E-state index contributed by atoms with van der Waals surface area (Å²) in [6, 6.07) is 60.0. The Kier molecular flexibility index (Phi) is 40.3. The Hall–Kier alpha value is -9.89. The Morgan fingerprint density at radius 3 is 0.500 bits per heavy atom. The Balaban J connectivity index is 0.000000524. The quantitative estimate of drug-likeness (QED) is 0.143. The van der Waals surface area contributed by atoms with E-state index in [0.717, 1.165) is 22.8 Å². The summed E-state index contributed by atoms with van der Waals surface area (Å²) in [6.07, 6.45) is 7.07. The molecule has 476 valence electrons. The van der Waals surface area contributed by atoms with E-state index in [-0.39, 0.29) is 111 Å². The van der Waals surface area contributed by atoms with E-state index in [1.807, 2.05) is 72.8 Å². The molecule has 0 saturated heterocycles. The maximum Gasteiger partial charge on any atom is 3.00 e. The van der Waals surface area contributed by atoms with Crippen LogP contribution in [0.5, 0.6) is 34.5 Å². The first-order valence-electron chi connectivity index (χ1n) is 26.1. The molecule has 0 aliphatic rings. The van der Waals surface area contributed by atoms with Gasteiger partial charge in [0, 0.05) is 58.2 Å². The number of carbonyl (C=O) groups excluding carboxylic acids is 6. The minimum absolute atomic E-state index is 0. The smallest absolute Gasteiger partial charge is 0.545 e. The molecule has 0 saturated carbocycles. The molecule has 6 aromatic carbocycles. The van der Waals surface area contributed by atoms with E-state index in [1.54, 1.807) is 97.6 Å². The number of benzene rings is 6. The number of rotatable bonds is 14. The molecule has 4 heterocycles. The molecule has 92 heavy (non-hydrogen) atoms. The van der Waals surface area contributed by atoms with Gasteiger partial charge in [-0.1, -0.05) is 97.1 Å². The third-order valence-electron chi connectivity index (χ3n) is 11.0. The molecular weight excluding hydrogens is 1480 g/mol. The second-order valence-electron chi connectivity index (χ2n) is 17.0. The van der Waals surface area contributed by atoms with Crippen LogP contribution in [0.1, 0.15) is 62.1 Å². The van der Waals surface area contributed by atoms with Gasteiger partial charge in [0.05, 0.1) is 101 Å². The van der Waals surface area contributed by atoms with Gasteiger partial charge in [0.15, 0.2) is 0 Å². The van der Waals surface area contributed by atoms with Gasteiger partial charge in [-0.3, -0.25) is 19.9 Å². The van der Waals surface area contributed by atoms with Crippen molar-refractivity contribution in [2.75, 3.05) is 42.7 Å². The van der Waals surface area contributed by atoms with E-state index in [4.69, 9.17) is 28.4 Å². The van der Waals surface area contributed by atoms with Gasteiger partial charge in [-0.2, -0.15) is 0 Å². The van der Waals surface area contributed by atoms with Crippen LogP contribution in [0.2, 0.25) is 0 Å². The number of carbonyl (C=O) groups is 6. The number of carboxylic acid groups (broad SMARTS) is 6. The summed E-state index contributed by atoms with van der Waals surface area (Å²) in [5.74, 6) is -4.02. The Bertz CT molecular complexity index is 3210. The molecule has 0 unspecified atom stereocenters. The molecule has 0 radical (unpaired) electrons. The van der Waals surface area contributed by atoms with Crippen molar-refractivity contribution >= 4 is 35.8 Å². The number of aromatic nitrogens is 4. The minimum atomic E-state index is -1.19. The number of hydrogen-bond acceptors (Lipinski definition) is 22. The van der Waals surface area contributed by atoms with Crippen LogP contribution in [-0.2, 0) is 0 Å². The van der Waals surface area contributed by atoms with E-state index in [9.17, 15) is 59.4 Å². The summed E-state index contributed by atoms with van der Waals surface area (Å²) in [4.78, 5) is 78.6. The van der Waals surface area contributed by atoms with Crippen LogP contribution >= 0.6 is 0 Å². The fraction of sp³-hybridized carbons (Fsp3) is 0.0882. The van der Waals surface area contributed by atoms with Crippen LogP contribution in [0.3, 0.4) is 0 Å². The van der Waals surface area contributed by atoms with Crippen LogP contribution in [0.15, 0.2) is 243 Å². The van der Waals surface area contributed by atoms with E-state index in [0.29, 0.717) is 34.5 Å². The summed E-state index contributed by atoms with van der Waals surface area (Å²) < 4.78 is 28.9. The standard InChI is InChI=1S/2C10H8N2.6C8H8O3.2Tb/c2*1-3-7-11-9(5-1)10-6-2-4-8-12-10;6*1-11-7-4-2-3-6(5-7)8(9)10;;/h2*1-8H;6*2-5H,1H3,(H,9,10);;/q;;;;;;;;2*+3/p-6. The van der Waals surface area contributed by atoms with Gasteiger partial charge in [-0.15, -0.1) is 0 Å². The molecule has 0 aliphatic heterocycles. The van der Waals surface area contributed by atoms with Gasteiger partial charge >= 0.3 is 77.2 Å². The minimum Gasteiger partial charge on any atom is -0.545 e. The van der Waals surface area contributed by atoms with Gasteiger partial charge in [-0.25, -0.2) is 0 Å². The molecule has 4 aromatic heterocycles. The molecule has 0 atom stereocenters. The summed E-state index contributed by atoms with van der Waals surface area (Å²) in [5.41, 5.74) is 4.43. The van der Waals surface area contributed by atoms with Crippen molar-refractivity contribution in [2.24, 2.45) is 0 Å². The molecule has 10 aromatic rings. The fourth-order valence-corrected chi connectivity index (χ4v) is 6.56. The zero-order chi connectivity index (χ0) is 66.1. The third-order valence-corrected chi connectivity index (χ3v) is 11.0. The molecule has 22 nitrogen and oxygen atoms in total. The summed E-state index contributed by atoms with van der Waals surface area (Å²) in [6.45, 7) is 0. The monoisotopic (exact) mass is 1540 g/mol. The summed E-state index contributed by atoms with van der Waals surface area (Å²) in [7, 11) is 8.88. The van der Waals surface area contributed by atoms with Crippen LogP contribution < -0.4 is 59.1 Å². The van der Waals surface area contributed by atoms with Crippen LogP contribution in [0.25, 0.3) is 22.8 Å². The van der Waals surface area contributed by atoms with Gasteiger partial charge in [0.2, 0.25) is 0 Å². The maximum absolute atomic E-state index is 10.3. The average Bonchev–Trinajstić information content (AvgIpc) is 3.81. The average molecular weight is 1540 g/mol. The third kappa shape index (κ3) is 31.5. The fourth-order valence-electron chi connectivity index (χ4n) is 6.56. The molecule has 0 fully saturated rings. The molecule has 0 N–H and O–H groups in total. The number of ether oxygens (including phenoxy) is 6. The van der Waals surface area contributed by atoms with Crippen molar-refractivity contribution in [1.29, 1.82) is 0 Å². The second-order valence-corrected chi connectivity index (χ2v) is 17.0. The Labute approximate surface area is 592 Å². The Morgan fingerprint density at radius 1 is 0.239 bits per heavy atom. The SMILES string of the molecule is COc1cccc(C(=O)[O-])c1.COc1cccc(C(=O)[O-])c1.COc1cccc(C(=O)[O-])c1.COc1cccc(C(=O)[O-])c1.COc1cccc(C(=O)[O-])c1.COc1cccc(C(=O)[O-])c1.[Tb+3].[Tb+3].c1ccc(-c2ccccn2)nc1.c1ccc(-c2ccccn2)nc1. The van der Waals surface area contributed by atoms with Crippen molar-refractivity contribution in [3.63, 3.8) is 0 Å². The summed E-state index contributed by atoms with van der Waals surface area (Å²) >= 11 is 0. The first-order valence-corrected chi connectivity index (χ1v) is 26.1. The predicted octanol–water partition coefficient (Wildman–Crippen LogP) is 4.64. The molecule has 0 bridgehead atoms. The van der Waals surface area contributed by atoms with E-state index in [2.05, 4.69) is 19.9 Å². The first kappa shape index (κ1) is 80.1. The number of carboxylic acids is 6.